The van der Waals surface area contributed by atoms with Crippen LogP contribution < -0.4 is 0 Å². The maximum atomic E-state index is 11.7. The van der Waals surface area contributed by atoms with Crippen LogP contribution in [0.3, 0.4) is 0 Å². The Kier molecular flexibility index (Phi) is 5.92. The van der Waals surface area contributed by atoms with E-state index in [1.165, 1.54) is 12.8 Å². The van der Waals surface area contributed by atoms with Crippen molar-refractivity contribution < 1.29 is 9.53 Å². The Morgan fingerprint density at radius 1 is 1.47 bits per heavy atom. The Hall–Kier alpha value is -0.370. The van der Waals surface area contributed by atoms with Crippen LogP contribution in [-0.2, 0) is 9.53 Å². The van der Waals surface area contributed by atoms with E-state index in [0.29, 0.717) is 18.1 Å². The number of hydrogen-bond acceptors (Lipinski definition) is 2. The molecule has 15 heavy (non-hydrogen) atoms. The second-order valence-electron chi connectivity index (χ2n) is 4.83. The highest BCUT2D eigenvalue weighted by Gasteiger charge is 2.18. The average molecular weight is 212 g/mol. The minimum absolute atomic E-state index is 0.222. The van der Waals surface area contributed by atoms with Gasteiger partial charge in [-0.2, -0.15) is 0 Å². The number of hydrogen-bond donors (Lipinski definition) is 0. The van der Waals surface area contributed by atoms with Crippen molar-refractivity contribution in [2.24, 2.45) is 5.92 Å². The van der Waals surface area contributed by atoms with Gasteiger partial charge in [0.05, 0.1) is 6.10 Å². The van der Waals surface area contributed by atoms with E-state index in [9.17, 15) is 4.79 Å². The first-order valence-electron chi connectivity index (χ1n) is 6.35. The van der Waals surface area contributed by atoms with Crippen molar-refractivity contribution in [1.29, 1.82) is 0 Å². The van der Waals surface area contributed by atoms with Crippen molar-refractivity contribution in [3.05, 3.63) is 0 Å². The number of ketones is 1. The third kappa shape index (κ3) is 5.31. The molecule has 2 unspecified atom stereocenters. The first-order chi connectivity index (χ1) is 7.22. The average Bonchev–Trinajstić information content (AvgIpc) is 2.19. The van der Waals surface area contributed by atoms with Crippen molar-refractivity contribution in [2.75, 3.05) is 6.61 Å². The van der Waals surface area contributed by atoms with Crippen LogP contribution in [0.25, 0.3) is 0 Å². The van der Waals surface area contributed by atoms with E-state index >= 15 is 0 Å². The lowest BCUT2D eigenvalue weighted by Crippen LogP contribution is -2.23. The molecule has 0 bridgehead atoms. The number of ether oxygens (including phenoxy) is 1. The molecule has 0 spiro atoms. The van der Waals surface area contributed by atoms with Gasteiger partial charge in [-0.3, -0.25) is 4.79 Å². The zero-order valence-electron chi connectivity index (χ0n) is 10.1. The van der Waals surface area contributed by atoms with Gasteiger partial charge in [0.1, 0.15) is 5.78 Å². The summed E-state index contributed by atoms with van der Waals surface area (Å²) in [5.41, 5.74) is 0. The van der Waals surface area contributed by atoms with Gasteiger partial charge in [0.25, 0.3) is 0 Å². The lowest BCUT2D eigenvalue weighted by Gasteiger charge is -2.22. The lowest BCUT2D eigenvalue weighted by molar-refractivity contribution is -0.123. The largest absolute Gasteiger partial charge is 0.378 e. The van der Waals surface area contributed by atoms with Crippen molar-refractivity contribution in [3.8, 4) is 0 Å². The van der Waals surface area contributed by atoms with Crippen LogP contribution in [-0.4, -0.2) is 18.5 Å². The molecule has 0 aliphatic carbocycles. The zero-order chi connectivity index (χ0) is 11.1. The fraction of sp³-hybridized carbons (Fsp3) is 0.923. The molecule has 0 saturated carbocycles. The Balaban J connectivity index is 2.16. The van der Waals surface area contributed by atoms with E-state index in [-0.39, 0.29) is 6.10 Å². The molecule has 1 rings (SSSR count). The molecule has 0 amide bonds. The summed E-state index contributed by atoms with van der Waals surface area (Å²) >= 11 is 0. The quantitative estimate of drug-likeness (QED) is 0.675. The van der Waals surface area contributed by atoms with Gasteiger partial charge in [0, 0.05) is 19.4 Å². The van der Waals surface area contributed by atoms with Gasteiger partial charge < -0.3 is 4.74 Å². The van der Waals surface area contributed by atoms with Crippen molar-refractivity contribution >= 4 is 5.78 Å². The third-order valence-corrected chi connectivity index (χ3v) is 3.09. The first-order valence-corrected chi connectivity index (χ1v) is 6.35. The highest BCUT2D eigenvalue weighted by atomic mass is 16.5. The van der Waals surface area contributed by atoms with E-state index in [4.69, 9.17) is 4.74 Å². The van der Waals surface area contributed by atoms with Gasteiger partial charge in [-0.05, 0) is 25.2 Å². The number of rotatable bonds is 6. The van der Waals surface area contributed by atoms with Gasteiger partial charge in [-0.25, -0.2) is 0 Å². The van der Waals surface area contributed by atoms with Crippen LogP contribution >= 0.6 is 0 Å². The predicted octanol–water partition coefficient (Wildman–Crippen LogP) is 3.34. The Labute approximate surface area is 93.4 Å². The van der Waals surface area contributed by atoms with E-state index in [1.54, 1.807) is 0 Å². The number of Topliss-reactive ketones (excluding diaryl/α,β-unsaturated/α-hetero) is 1. The van der Waals surface area contributed by atoms with Gasteiger partial charge in [-0.15, -0.1) is 0 Å². The predicted molar refractivity (Wildman–Crippen MR) is 61.9 cm³/mol. The monoisotopic (exact) mass is 212 g/mol. The topological polar surface area (TPSA) is 26.3 Å². The van der Waals surface area contributed by atoms with Crippen molar-refractivity contribution in [1.82, 2.24) is 0 Å². The first kappa shape index (κ1) is 12.7. The molecule has 1 saturated heterocycles. The number of carbonyl (C=O) groups is 1. The molecule has 2 atom stereocenters. The summed E-state index contributed by atoms with van der Waals surface area (Å²) < 4.78 is 5.57. The molecule has 0 aromatic rings. The van der Waals surface area contributed by atoms with Gasteiger partial charge in [-0.1, -0.05) is 26.7 Å². The summed E-state index contributed by atoms with van der Waals surface area (Å²) in [5, 5.41) is 0. The van der Waals surface area contributed by atoms with Gasteiger partial charge in [0.15, 0.2) is 0 Å². The molecule has 2 nitrogen and oxygen atoms in total. The molecule has 0 N–H and O–H groups in total. The summed E-state index contributed by atoms with van der Waals surface area (Å²) in [6.45, 7) is 5.19. The normalized spacial score (nSPS) is 23.7. The van der Waals surface area contributed by atoms with E-state index in [2.05, 4.69) is 13.8 Å². The van der Waals surface area contributed by atoms with Crippen molar-refractivity contribution in [2.45, 2.75) is 64.9 Å². The second kappa shape index (κ2) is 7.00. The van der Waals surface area contributed by atoms with E-state index < -0.39 is 0 Å². The fourth-order valence-electron chi connectivity index (χ4n) is 2.29. The Morgan fingerprint density at radius 2 is 2.27 bits per heavy atom. The molecule has 1 fully saturated rings. The molecular weight excluding hydrogens is 188 g/mol. The SMILES string of the molecule is CCCC(C)CC(=O)CC1CCCCO1. The molecule has 2 heteroatoms. The van der Waals surface area contributed by atoms with Gasteiger partial charge >= 0.3 is 0 Å². The van der Waals surface area contributed by atoms with Crippen LogP contribution in [0, 0.1) is 5.92 Å². The highest BCUT2D eigenvalue weighted by Crippen LogP contribution is 2.18. The Morgan fingerprint density at radius 3 is 2.87 bits per heavy atom. The summed E-state index contributed by atoms with van der Waals surface area (Å²) in [4.78, 5) is 11.7. The molecular formula is C13H24O2. The molecule has 88 valence electrons. The maximum absolute atomic E-state index is 11.7. The highest BCUT2D eigenvalue weighted by molar-refractivity contribution is 5.79. The number of carbonyl (C=O) groups excluding carboxylic acids is 1. The lowest BCUT2D eigenvalue weighted by atomic mass is 9.95. The van der Waals surface area contributed by atoms with Crippen LogP contribution in [0.5, 0.6) is 0 Å². The fourth-order valence-corrected chi connectivity index (χ4v) is 2.29. The minimum Gasteiger partial charge on any atom is -0.378 e. The van der Waals surface area contributed by atoms with Crippen LogP contribution in [0.2, 0.25) is 0 Å². The summed E-state index contributed by atoms with van der Waals surface area (Å²) in [7, 11) is 0. The standard InChI is InChI=1S/C13H24O2/c1-3-6-11(2)9-12(14)10-13-7-4-5-8-15-13/h11,13H,3-10H2,1-2H3. The van der Waals surface area contributed by atoms with E-state index in [0.717, 1.165) is 32.3 Å². The van der Waals surface area contributed by atoms with Crippen LogP contribution in [0.15, 0.2) is 0 Å². The molecule has 1 aliphatic heterocycles. The Bertz CT molecular complexity index is 183. The summed E-state index contributed by atoms with van der Waals surface area (Å²) in [5.74, 6) is 0.939. The smallest absolute Gasteiger partial charge is 0.135 e. The van der Waals surface area contributed by atoms with Crippen LogP contribution in [0.1, 0.15) is 58.8 Å². The molecule has 1 aliphatic rings. The third-order valence-electron chi connectivity index (χ3n) is 3.09. The molecule has 0 radical (unpaired) electrons. The minimum atomic E-state index is 0.222. The van der Waals surface area contributed by atoms with E-state index in [1.807, 2.05) is 0 Å². The molecule has 0 aromatic carbocycles. The summed E-state index contributed by atoms with van der Waals surface area (Å²) in [6.07, 6.45) is 7.42. The molecule has 0 aromatic heterocycles. The zero-order valence-corrected chi connectivity index (χ0v) is 10.1. The maximum Gasteiger partial charge on any atom is 0.135 e. The second-order valence-corrected chi connectivity index (χ2v) is 4.83. The summed E-state index contributed by atoms with van der Waals surface area (Å²) in [6, 6.07) is 0. The van der Waals surface area contributed by atoms with Crippen molar-refractivity contribution in [3.63, 3.8) is 0 Å². The van der Waals surface area contributed by atoms with Crippen LogP contribution in [0.4, 0.5) is 0 Å². The van der Waals surface area contributed by atoms with Gasteiger partial charge in [0.2, 0.25) is 0 Å². The molecule has 1 heterocycles.